The van der Waals surface area contributed by atoms with E-state index < -0.39 is 91.1 Å². The quantitative estimate of drug-likeness (QED) is 0.0975. The maximum atomic E-state index is 13.1. The summed E-state index contributed by atoms with van der Waals surface area (Å²) in [4.78, 5) is 13.1. The van der Waals surface area contributed by atoms with Crippen LogP contribution in [0, 0.1) is 5.92 Å². The molecule has 0 bridgehead atoms. The normalized spacial score (nSPS) is 48.0. The third-order valence-corrected chi connectivity index (χ3v) is 9.22. The molecule has 2 saturated heterocycles. The first-order chi connectivity index (χ1) is 19.9. The van der Waals surface area contributed by atoms with Crippen LogP contribution >= 0.6 is 0 Å². The van der Waals surface area contributed by atoms with Gasteiger partial charge in [-0.2, -0.15) is 0 Å². The molecule has 17 N–H and O–H groups in total. The van der Waals surface area contributed by atoms with Gasteiger partial charge >= 0.3 is 0 Å². The lowest BCUT2D eigenvalue weighted by atomic mass is 9.71. The van der Waals surface area contributed by atoms with Gasteiger partial charge in [0.2, 0.25) is 0 Å². The molecule has 4 rings (SSSR count). The number of carbonyl (C=O) groups is 1. The number of hydrogen-bond donors (Lipinski definition) is 12. The van der Waals surface area contributed by atoms with Crippen molar-refractivity contribution in [1.29, 1.82) is 0 Å². The Morgan fingerprint density at radius 3 is 2.36 bits per heavy atom. The molecule has 13 atom stereocenters. The molecule has 16 heteroatoms. The summed E-state index contributed by atoms with van der Waals surface area (Å²) in [6, 6.07) is -3.56. The zero-order chi connectivity index (χ0) is 30.8. The molecular formula is C26H51N7O9. The standard InChI is InChI=1S/C26H51N7O9/c27-4-1-5-32-9-12-2-3-13(29)22(40-12)17-14(30)6-15(33-25(38)26(39)7-11(28)8-26)23(20(17)36)42-24-21(37)18(31)19(35)16(10-34)41-24/h11-24,32,34-37,39H,1-10,27-31H2,(H,33,38). The Morgan fingerprint density at radius 2 is 1.71 bits per heavy atom. The molecule has 0 aromatic rings. The first kappa shape index (κ1) is 33.8. The van der Waals surface area contributed by atoms with E-state index in [1.54, 1.807) is 0 Å². The molecule has 0 aromatic carbocycles. The minimum atomic E-state index is -1.66. The molecule has 16 nitrogen and oxygen atoms in total. The second-order valence-electron chi connectivity index (χ2n) is 12.4. The molecule has 0 radical (unpaired) electrons. The van der Waals surface area contributed by atoms with Crippen LogP contribution in [0.1, 0.15) is 38.5 Å². The lowest BCUT2D eigenvalue weighted by molar-refractivity contribution is -0.306. The van der Waals surface area contributed by atoms with Crippen LogP contribution in [0.4, 0.5) is 0 Å². The number of nitrogens with two attached hydrogens (primary N) is 5. The van der Waals surface area contributed by atoms with Crippen molar-refractivity contribution in [2.45, 2.75) is 123 Å². The van der Waals surface area contributed by atoms with Gasteiger partial charge in [0.1, 0.15) is 30.0 Å². The Labute approximate surface area is 245 Å². The van der Waals surface area contributed by atoms with Gasteiger partial charge in [0, 0.05) is 43.4 Å². The van der Waals surface area contributed by atoms with Crippen LogP contribution in [0.3, 0.4) is 0 Å². The van der Waals surface area contributed by atoms with Crippen LogP contribution in [-0.2, 0) is 19.0 Å². The highest BCUT2D eigenvalue weighted by molar-refractivity contribution is 5.86. The summed E-state index contributed by atoms with van der Waals surface area (Å²) >= 11 is 0. The van der Waals surface area contributed by atoms with Gasteiger partial charge in [-0.1, -0.05) is 0 Å². The molecule has 2 heterocycles. The van der Waals surface area contributed by atoms with E-state index in [0.717, 1.165) is 19.4 Å². The monoisotopic (exact) mass is 605 g/mol. The summed E-state index contributed by atoms with van der Waals surface area (Å²) in [6.45, 7) is 1.29. The second kappa shape index (κ2) is 14.3. The first-order valence-corrected chi connectivity index (χ1v) is 15.0. The fourth-order valence-corrected chi connectivity index (χ4v) is 6.68. The minimum Gasteiger partial charge on any atom is -0.394 e. The number of nitrogens with one attached hydrogen (secondary N) is 2. The Morgan fingerprint density at radius 1 is 1.00 bits per heavy atom. The van der Waals surface area contributed by atoms with Gasteiger partial charge in [-0.25, -0.2) is 0 Å². The lowest BCUT2D eigenvalue weighted by Gasteiger charge is -2.51. The summed E-state index contributed by atoms with van der Waals surface area (Å²) < 4.78 is 18.1. The van der Waals surface area contributed by atoms with Crippen LogP contribution in [-0.4, -0.2) is 143 Å². The van der Waals surface area contributed by atoms with Crippen molar-refractivity contribution in [1.82, 2.24) is 10.6 Å². The highest BCUT2D eigenvalue weighted by Gasteiger charge is 2.55. The SMILES string of the molecule is NCCCNCC1CCC(N)C(C2C(N)CC(NC(=O)C3(O)CC(N)C3)C(OC3OC(CO)C(O)C(N)C3O)C2O)O1. The van der Waals surface area contributed by atoms with E-state index in [-0.39, 0.29) is 31.4 Å². The molecule has 2 saturated carbocycles. The number of aliphatic hydroxyl groups is 5. The van der Waals surface area contributed by atoms with E-state index >= 15 is 0 Å². The topological polar surface area (TPSA) is 300 Å². The number of rotatable bonds is 11. The summed E-state index contributed by atoms with van der Waals surface area (Å²) in [5, 5.41) is 59.2. The van der Waals surface area contributed by atoms with Crippen molar-refractivity contribution < 1.29 is 44.5 Å². The zero-order valence-electron chi connectivity index (χ0n) is 23.9. The molecule has 13 unspecified atom stereocenters. The average Bonchev–Trinajstić information content (AvgIpc) is 2.93. The largest absolute Gasteiger partial charge is 0.394 e. The molecule has 0 aromatic heterocycles. The van der Waals surface area contributed by atoms with E-state index in [1.165, 1.54) is 0 Å². The van der Waals surface area contributed by atoms with E-state index in [1.807, 2.05) is 0 Å². The highest BCUT2D eigenvalue weighted by atomic mass is 16.7. The fraction of sp³-hybridized carbons (Fsp3) is 0.962. The van der Waals surface area contributed by atoms with E-state index in [9.17, 15) is 30.3 Å². The summed E-state index contributed by atoms with van der Waals surface area (Å²) in [6.07, 6.45) is -6.43. The zero-order valence-corrected chi connectivity index (χ0v) is 23.9. The average molecular weight is 606 g/mol. The van der Waals surface area contributed by atoms with Gasteiger partial charge in [-0.3, -0.25) is 4.79 Å². The molecule has 244 valence electrons. The van der Waals surface area contributed by atoms with Gasteiger partial charge < -0.3 is 79.0 Å². The number of hydrogen-bond acceptors (Lipinski definition) is 15. The Balaban J connectivity index is 1.54. The molecule has 4 fully saturated rings. The lowest BCUT2D eigenvalue weighted by Crippen LogP contribution is -2.70. The molecular weight excluding hydrogens is 554 g/mol. The maximum absolute atomic E-state index is 13.1. The molecule has 4 aliphatic rings. The number of amides is 1. The number of ether oxygens (including phenoxy) is 3. The van der Waals surface area contributed by atoms with Crippen LogP contribution in [0.25, 0.3) is 0 Å². The van der Waals surface area contributed by atoms with Crippen molar-refractivity contribution in [2.75, 3.05) is 26.2 Å². The van der Waals surface area contributed by atoms with Gasteiger partial charge in [-0.05, 0) is 38.8 Å². The summed E-state index contributed by atoms with van der Waals surface area (Å²) in [7, 11) is 0. The number of aliphatic hydroxyl groups excluding tert-OH is 4. The molecule has 42 heavy (non-hydrogen) atoms. The Hall–Kier alpha value is -1.09. The molecule has 0 spiro atoms. The van der Waals surface area contributed by atoms with E-state index in [0.29, 0.717) is 19.5 Å². The molecule has 2 aliphatic carbocycles. The van der Waals surface area contributed by atoms with Crippen molar-refractivity contribution in [3.05, 3.63) is 0 Å². The van der Waals surface area contributed by atoms with Gasteiger partial charge in [0.25, 0.3) is 5.91 Å². The molecule has 1 amide bonds. The van der Waals surface area contributed by atoms with Gasteiger partial charge in [0.15, 0.2) is 6.29 Å². The Bertz CT molecular complexity index is 885. The third kappa shape index (κ3) is 7.24. The summed E-state index contributed by atoms with van der Waals surface area (Å²) in [5.74, 6) is -1.40. The fourth-order valence-electron chi connectivity index (χ4n) is 6.68. The van der Waals surface area contributed by atoms with Crippen LogP contribution in [0.15, 0.2) is 0 Å². The van der Waals surface area contributed by atoms with Crippen molar-refractivity contribution in [3.63, 3.8) is 0 Å². The smallest absolute Gasteiger partial charge is 0.252 e. The number of carbonyl (C=O) groups excluding carboxylic acids is 1. The van der Waals surface area contributed by atoms with Crippen molar-refractivity contribution in [2.24, 2.45) is 34.6 Å². The van der Waals surface area contributed by atoms with Crippen LogP contribution < -0.4 is 39.3 Å². The predicted octanol–water partition coefficient (Wildman–Crippen LogP) is -6.00. The van der Waals surface area contributed by atoms with Crippen molar-refractivity contribution in [3.8, 4) is 0 Å². The second-order valence-corrected chi connectivity index (χ2v) is 12.4. The van der Waals surface area contributed by atoms with Gasteiger partial charge in [-0.15, -0.1) is 0 Å². The molecule has 2 aliphatic heterocycles. The summed E-state index contributed by atoms with van der Waals surface area (Å²) in [5.41, 5.74) is 28.8. The van der Waals surface area contributed by atoms with Crippen LogP contribution in [0.5, 0.6) is 0 Å². The van der Waals surface area contributed by atoms with Gasteiger partial charge in [0.05, 0.1) is 37.0 Å². The predicted molar refractivity (Wildman–Crippen MR) is 149 cm³/mol. The van der Waals surface area contributed by atoms with Crippen molar-refractivity contribution >= 4 is 5.91 Å². The van der Waals surface area contributed by atoms with E-state index in [4.69, 9.17) is 42.9 Å². The Kier molecular flexibility index (Phi) is 11.5. The van der Waals surface area contributed by atoms with Crippen LogP contribution in [0.2, 0.25) is 0 Å². The minimum absolute atomic E-state index is 0.0785. The first-order valence-electron chi connectivity index (χ1n) is 15.0. The third-order valence-electron chi connectivity index (χ3n) is 9.22. The highest BCUT2D eigenvalue weighted by Crippen LogP contribution is 2.37. The maximum Gasteiger partial charge on any atom is 0.252 e. The van der Waals surface area contributed by atoms with E-state index in [2.05, 4.69) is 10.6 Å².